The van der Waals surface area contributed by atoms with E-state index in [0.717, 1.165) is 0 Å². The van der Waals surface area contributed by atoms with Gasteiger partial charge in [-0.25, -0.2) is 0 Å². The zero-order valence-electron chi connectivity index (χ0n) is 4.33. The monoisotopic (exact) mass is 115 g/mol. The lowest BCUT2D eigenvalue weighted by Gasteiger charge is -1.95. The molecular weight excluding hydrogens is 110 g/mol. The maximum atomic E-state index is 9.83. The number of carbonyl (C=O) groups is 1. The molecule has 1 unspecified atom stereocenters. The lowest BCUT2D eigenvalue weighted by molar-refractivity contribution is -0.131. The summed E-state index contributed by atoms with van der Waals surface area (Å²) in [5, 5.41) is 3.35. The van der Waals surface area contributed by atoms with E-state index in [9.17, 15) is 4.79 Å². The molecule has 0 saturated heterocycles. The van der Waals surface area contributed by atoms with Crippen molar-refractivity contribution in [2.24, 2.45) is 5.16 Å². The third kappa shape index (κ3) is 0.776. The Morgan fingerprint density at radius 3 is 2.88 bits per heavy atom. The Hall–Kier alpha value is -1.06. The van der Waals surface area contributed by atoms with Crippen LogP contribution < -0.4 is 0 Å². The van der Waals surface area contributed by atoms with Gasteiger partial charge in [0, 0.05) is 6.92 Å². The minimum atomic E-state index is -0.810. The summed E-state index contributed by atoms with van der Waals surface area (Å²) in [7, 11) is 0. The van der Waals surface area contributed by atoms with E-state index in [-0.39, 0.29) is 0 Å². The van der Waals surface area contributed by atoms with Crippen LogP contribution in [0, 0.1) is 0 Å². The van der Waals surface area contributed by atoms with E-state index in [1.54, 1.807) is 6.92 Å². The van der Waals surface area contributed by atoms with Gasteiger partial charge in [-0.05, 0) is 5.16 Å². The number of ether oxygens (including phenoxy) is 1. The van der Waals surface area contributed by atoms with Crippen LogP contribution >= 0.6 is 0 Å². The Balaban J connectivity index is 2.43. The average molecular weight is 115 g/mol. The summed E-state index contributed by atoms with van der Waals surface area (Å²) < 4.78 is 4.67. The molecule has 0 spiro atoms. The number of aldehydes is 1. The Morgan fingerprint density at radius 2 is 2.62 bits per heavy atom. The van der Waals surface area contributed by atoms with Crippen LogP contribution in [0.5, 0.6) is 0 Å². The standard InChI is InChI=1S/C4H5NO3/c1-3-5-8-4(2-6)7-3/h2,4H,1H3. The van der Waals surface area contributed by atoms with Crippen LogP contribution in [-0.4, -0.2) is 18.5 Å². The van der Waals surface area contributed by atoms with E-state index in [1.165, 1.54) is 0 Å². The van der Waals surface area contributed by atoms with Crippen LogP contribution in [0.25, 0.3) is 0 Å². The minimum Gasteiger partial charge on any atom is -0.430 e. The van der Waals surface area contributed by atoms with Crippen molar-refractivity contribution in [1.82, 2.24) is 0 Å². The van der Waals surface area contributed by atoms with Gasteiger partial charge in [0.15, 0.2) is 0 Å². The molecule has 0 aromatic heterocycles. The lowest BCUT2D eigenvalue weighted by Crippen LogP contribution is -2.10. The van der Waals surface area contributed by atoms with E-state index in [0.29, 0.717) is 12.2 Å². The van der Waals surface area contributed by atoms with Gasteiger partial charge in [-0.15, -0.1) is 0 Å². The summed E-state index contributed by atoms with van der Waals surface area (Å²) in [5.41, 5.74) is 0. The van der Waals surface area contributed by atoms with Crippen molar-refractivity contribution in [3.05, 3.63) is 0 Å². The van der Waals surface area contributed by atoms with Crippen LogP contribution in [0.4, 0.5) is 0 Å². The normalized spacial score (nSPS) is 25.6. The fraction of sp³-hybridized carbons (Fsp3) is 0.500. The molecule has 0 saturated carbocycles. The quantitative estimate of drug-likeness (QED) is 0.448. The summed E-state index contributed by atoms with van der Waals surface area (Å²) in [6.45, 7) is 1.61. The smallest absolute Gasteiger partial charge is 0.322 e. The highest BCUT2D eigenvalue weighted by molar-refractivity contribution is 5.76. The van der Waals surface area contributed by atoms with E-state index < -0.39 is 6.29 Å². The first kappa shape index (κ1) is 5.08. The highest BCUT2D eigenvalue weighted by Gasteiger charge is 2.15. The van der Waals surface area contributed by atoms with E-state index >= 15 is 0 Å². The van der Waals surface area contributed by atoms with Gasteiger partial charge in [0.25, 0.3) is 0 Å². The van der Waals surface area contributed by atoms with Gasteiger partial charge < -0.3 is 9.57 Å². The van der Waals surface area contributed by atoms with Crippen molar-refractivity contribution in [2.45, 2.75) is 13.2 Å². The molecule has 1 atom stereocenters. The summed E-state index contributed by atoms with van der Waals surface area (Å²) in [4.78, 5) is 14.2. The molecule has 0 fully saturated rings. The number of carbonyl (C=O) groups excluding carboxylic acids is 1. The molecule has 1 heterocycles. The second-order valence-electron chi connectivity index (χ2n) is 1.34. The first-order valence-corrected chi connectivity index (χ1v) is 2.15. The van der Waals surface area contributed by atoms with Gasteiger partial charge in [-0.1, -0.05) is 0 Å². The van der Waals surface area contributed by atoms with Gasteiger partial charge in [-0.2, -0.15) is 0 Å². The van der Waals surface area contributed by atoms with Crippen LogP contribution in [0.2, 0.25) is 0 Å². The number of nitrogens with zero attached hydrogens (tertiary/aromatic N) is 1. The number of hydrogen-bond acceptors (Lipinski definition) is 4. The van der Waals surface area contributed by atoms with Crippen LogP contribution in [-0.2, 0) is 14.4 Å². The van der Waals surface area contributed by atoms with Gasteiger partial charge in [0.05, 0.1) is 0 Å². The molecular formula is C4H5NO3. The molecule has 0 amide bonds. The molecule has 8 heavy (non-hydrogen) atoms. The molecule has 44 valence electrons. The van der Waals surface area contributed by atoms with Crippen LogP contribution in [0.3, 0.4) is 0 Å². The van der Waals surface area contributed by atoms with E-state index in [1.807, 2.05) is 0 Å². The van der Waals surface area contributed by atoms with E-state index in [2.05, 4.69) is 14.7 Å². The molecule has 4 heteroatoms. The molecule has 1 rings (SSSR count). The largest absolute Gasteiger partial charge is 0.430 e. The number of rotatable bonds is 1. The molecule has 0 bridgehead atoms. The number of hydrogen-bond donors (Lipinski definition) is 0. The molecule has 0 N–H and O–H groups in total. The summed E-state index contributed by atoms with van der Waals surface area (Å²) >= 11 is 0. The zero-order chi connectivity index (χ0) is 5.98. The summed E-state index contributed by atoms with van der Waals surface area (Å²) in [6.07, 6.45) is -0.269. The molecule has 1 aliphatic rings. The lowest BCUT2D eigenvalue weighted by atomic mass is 10.7. The molecule has 0 aliphatic carbocycles. The van der Waals surface area contributed by atoms with Gasteiger partial charge in [0.2, 0.25) is 12.2 Å². The van der Waals surface area contributed by atoms with E-state index in [4.69, 9.17) is 0 Å². The maximum absolute atomic E-state index is 9.83. The Kier molecular flexibility index (Phi) is 1.15. The highest BCUT2D eigenvalue weighted by Crippen LogP contribution is 2.01. The van der Waals surface area contributed by atoms with Crippen molar-refractivity contribution < 1.29 is 14.4 Å². The Bertz CT molecular complexity index is 131. The van der Waals surface area contributed by atoms with Gasteiger partial charge in [0.1, 0.15) is 0 Å². The predicted molar refractivity (Wildman–Crippen MR) is 25.1 cm³/mol. The first-order valence-electron chi connectivity index (χ1n) is 2.15. The molecule has 0 aromatic carbocycles. The molecule has 1 aliphatic heterocycles. The Labute approximate surface area is 46.1 Å². The third-order valence-electron chi connectivity index (χ3n) is 0.683. The predicted octanol–water partition coefficient (Wildman–Crippen LogP) is -0.108. The average Bonchev–Trinajstić information content (AvgIpc) is 2.14. The molecule has 4 nitrogen and oxygen atoms in total. The second-order valence-corrected chi connectivity index (χ2v) is 1.34. The summed E-state index contributed by atoms with van der Waals surface area (Å²) in [6, 6.07) is 0. The zero-order valence-corrected chi connectivity index (χ0v) is 4.33. The van der Waals surface area contributed by atoms with Crippen molar-refractivity contribution >= 4 is 12.2 Å². The molecule has 0 radical (unpaired) electrons. The number of oxime groups is 1. The maximum Gasteiger partial charge on any atom is 0.322 e. The van der Waals surface area contributed by atoms with Crippen molar-refractivity contribution in [3.63, 3.8) is 0 Å². The van der Waals surface area contributed by atoms with Crippen molar-refractivity contribution in [3.8, 4) is 0 Å². The topological polar surface area (TPSA) is 47.9 Å². The first-order chi connectivity index (χ1) is 3.83. The molecule has 0 aromatic rings. The van der Waals surface area contributed by atoms with Gasteiger partial charge >= 0.3 is 6.29 Å². The van der Waals surface area contributed by atoms with Crippen molar-refractivity contribution in [2.75, 3.05) is 0 Å². The highest BCUT2D eigenvalue weighted by atomic mass is 16.8. The van der Waals surface area contributed by atoms with Crippen LogP contribution in [0.1, 0.15) is 6.92 Å². The summed E-state index contributed by atoms with van der Waals surface area (Å²) in [5.74, 6) is 0.391. The van der Waals surface area contributed by atoms with Crippen molar-refractivity contribution in [1.29, 1.82) is 0 Å². The second kappa shape index (κ2) is 1.81. The fourth-order valence-electron chi connectivity index (χ4n) is 0.390. The third-order valence-corrected chi connectivity index (χ3v) is 0.683. The SMILES string of the molecule is CC1=NOC(C=O)O1. The van der Waals surface area contributed by atoms with Crippen LogP contribution in [0.15, 0.2) is 5.16 Å². The van der Waals surface area contributed by atoms with Gasteiger partial charge in [-0.3, -0.25) is 4.79 Å². The minimum absolute atomic E-state index is 0.391. The fourth-order valence-corrected chi connectivity index (χ4v) is 0.390. The Morgan fingerprint density at radius 1 is 1.88 bits per heavy atom.